The van der Waals surface area contributed by atoms with Gasteiger partial charge in [0.25, 0.3) is 0 Å². The topological polar surface area (TPSA) is 52.3 Å². The van der Waals surface area contributed by atoms with Crippen LogP contribution in [0, 0.1) is 5.82 Å². The van der Waals surface area contributed by atoms with E-state index in [1.54, 1.807) is 0 Å². The number of rotatable bonds is 4. The average molecular weight is 290 g/mol. The van der Waals surface area contributed by atoms with Crippen LogP contribution in [0.2, 0.25) is 0 Å². The van der Waals surface area contributed by atoms with Crippen LogP contribution >= 0.6 is 11.8 Å². The van der Waals surface area contributed by atoms with Crippen LogP contribution in [0.4, 0.5) is 4.39 Å². The van der Waals surface area contributed by atoms with E-state index in [9.17, 15) is 4.39 Å². The predicted molar refractivity (Wildman–Crippen MR) is 73.3 cm³/mol. The Morgan fingerprint density at radius 3 is 2.85 bits per heavy atom. The monoisotopic (exact) mass is 290 g/mol. The lowest BCUT2D eigenvalue weighted by Crippen LogP contribution is -2.00. The molecule has 0 N–H and O–H groups in total. The van der Waals surface area contributed by atoms with Crippen molar-refractivity contribution >= 4 is 17.4 Å². The van der Waals surface area contributed by atoms with E-state index in [4.69, 9.17) is 4.74 Å². The first kappa shape index (κ1) is 12.9. The molecule has 0 saturated heterocycles. The summed E-state index contributed by atoms with van der Waals surface area (Å²) < 4.78 is 19.9. The highest BCUT2D eigenvalue weighted by Crippen LogP contribution is 2.22. The van der Waals surface area contributed by atoms with Crippen molar-refractivity contribution in [3.8, 4) is 6.01 Å². The first-order chi connectivity index (χ1) is 9.78. The van der Waals surface area contributed by atoms with E-state index >= 15 is 0 Å². The second kappa shape index (κ2) is 5.46. The van der Waals surface area contributed by atoms with Gasteiger partial charge in [-0.15, -0.1) is 5.10 Å². The molecule has 7 heteroatoms. The van der Waals surface area contributed by atoms with Crippen molar-refractivity contribution < 1.29 is 9.13 Å². The van der Waals surface area contributed by atoms with Gasteiger partial charge in [-0.25, -0.2) is 9.37 Å². The van der Waals surface area contributed by atoms with Gasteiger partial charge in [0.15, 0.2) is 11.5 Å². The Hall–Kier alpha value is -2.15. The Morgan fingerprint density at radius 2 is 2.10 bits per heavy atom. The molecule has 2 aromatic heterocycles. The van der Waals surface area contributed by atoms with Crippen LogP contribution in [-0.2, 0) is 5.75 Å². The number of methoxy groups -OCH3 is 1. The molecule has 0 amide bonds. The molecule has 0 bridgehead atoms. The number of nitrogens with zero attached hydrogens (tertiary/aromatic N) is 4. The number of ether oxygens (including phenoxy) is 1. The maximum Gasteiger partial charge on any atom is 0.319 e. The molecule has 3 rings (SSSR count). The fourth-order valence-electron chi connectivity index (χ4n) is 1.73. The van der Waals surface area contributed by atoms with E-state index in [0.29, 0.717) is 5.16 Å². The molecule has 3 aromatic rings. The van der Waals surface area contributed by atoms with Gasteiger partial charge in [-0.05, 0) is 5.56 Å². The van der Waals surface area contributed by atoms with Gasteiger partial charge in [0.2, 0.25) is 5.16 Å². The van der Waals surface area contributed by atoms with Gasteiger partial charge in [0.05, 0.1) is 13.3 Å². The summed E-state index contributed by atoms with van der Waals surface area (Å²) in [6.45, 7) is 0. The molecule has 0 saturated carbocycles. The molecule has 2 heterocycles. The Bertz CT molecular complexity index is 732. The minimum Gasteiger partial charge on any atom is -0.467 e. The lowest BCUT2D eigenvalue weighted by Gasteiger charge is -1.99. The number of hydrogen-bond donors (Lipinski definition) is 0. The number of aromatic nitrogens is 4. The number of thioether (sulfide) groups is 1. The molecule has 0 unspecified atom stereocenters. The van der Waals surface area contributed by atoms with Gasteiger partial charge < -0.3 is 4.74 Å². The molecule has 0 atom stereocenters. The van der Waals surface area contributed by atoms with Gasteiger partial charge >= 0.3 is 6.01 Å². The van der Waals surface area contributed by atoms with E-state index in [-0.39, 0.29) is 11.7 Å². The van der Waals surface area contributed by atoms with Gasteiger partial charge in [-0.3, -0.25) is 0 Å². The summed E-state index contributed by atoms with van der Waals surface area (Å²) in [5.74, 6) is 0.194. The van der Waals surface area contributed by atoms with Crippen molar-refractivity contribution in [2.24, 2.45) is 0 Å². The van der Waals surface area contributed by atoms with Crippen molar-refractivity contribution in [2.75, 3.05) is 7.11 Å². The third-order valence-corrected chi connectivity index (χ3v) is 3.57. The van der Waals surface area contributed by atoms with Gasteiger partial charge in [-0.1, -0.05) is 42.1 Å². The second-order valence-corrected chi connectivity index (χ2v) is 4.94. The predicted octanol–water partition coefficient (Wildman–Crippen LogP) is 2.56. The fourth-order valence-corrected chi connectivity index (χ4v) is 2.51. The van der Waals surface area contributed by atoms with Crippen LogP contribution in [0.3, 0.4) is 0 Å². The van der Waals surface area contributed by atoms with E-state index in [1.807, 2.05) is 30.3 Å². The summed E-state index contributed by atoms with van der Waals surface area (Å²) in [7, 11) is 1.46. The molecule has 102 valence electrons. The normalized spacial score (nSPS) is 10.9. The molecule has 1 aromatic carbocycles. The molecular formula is C13H11FN4OS. The highest BCUT2D eigenvalue weighted by molar-refractivity contribution is 7.98. The van der Waals surface area contributed by atoms with Crippen LogP contribution in [0.15, 0.2) is 41.7 Å². The summed E-state index contributed by atoms with van der Waals surface area (Å²) in [5.41, 5.74) is 1.27. The first-order valence-corrected chi connectivity index (χ1v) is 6.88. The molecule has 0 aliphatic rings. The lowest BCUT2D eigenvalue weighted by molar-refractivity contribution is 0.363. The quantitative estimate of drug-likeness (QED) is 0.691. The maximum absolute atomic E-state index is 13.6. The Kier molecular flexibility index (Phi) is 3.51. The van der Waals surface area contributed by atoms with Gasteiger partial charge in [0.1, 0.15) is 0 Å². The molecule has 0 aliphatic heterocycles. The van der Waals surface area contributed by atoms with Crippen LogP contribution < -0.4 is 4.74 Å². The van der Waals surface area contributed by atoms with Crippen molar-refractivity contribution in [3.05, 3.63) is 47.9 Å². The summed E-state index contributed by atoms with van der Waals surface area (Å²) in [4.78, 5) is 7.97. The number of hydrogen-bond acceptors (Lipinski definition) is 5. The summed E-state index contributed by atoms with van der Waals surface area (Å²) in [6.07, 6.45) is 1.08. The Morgan fingerprint density at radius 1 is 1.30 bits per heavy atom. The van der Waals surface area contributed by atoms with E-state index < -0.39 is 5.82 Å². The van der Waals surface area contributed by atoms with E-state index in [1.165, 1.54) is 23.4 Å². The zero-order valence-corrected chi connectivity index (χ0v) is 11.5. The molecule has 0 radical (unpaired) electrons. The number of halogens is 1. The number of benzene rings is 1. The van der Waals surface area contributed by atoms with Crippen molar-refractivity contribution in [1.29, 1.82) is 0 Å². The van der Waals surface area contributed by atoms with Crippen molar-refractivity contribution in [3.63, 3.8) is 0 Å². The first-order valence-electron chi connectivity index (χ1n) is 5.90. The fraction of sp³-hybridized carbons (Fsp3) is 0.154. The lowest BCUT2D eigenvalue weighted by atomic mass is 10.2. The molecule has 0 aliphatic carbocycles. The Balaban J connectivity index is 1.88. The van der Waals surface area contributed by atoms with Gasteiger partial charge in [-0.2, -0.15) is 9.50 Å². The molecule has 20 heavy (non-hydrogen) atoms. The maximum atomic E-state index is 13.6. The smallest absolute Gasteiger partial charge is 0.319 e. The highest BCUT2D eigenvalue weighted by Gasteiger charge is 2.13. The second-order valence-electron chi connectivity index (χ2n) is 4.00. The standard InChI is InChI=1S/C13H11FN4OS/c1-19-13-15-7-10(14)11-16-12(17-18(11)13)20-8-9-5-3-2-4-6-9/h2-7H,8H2,1H3. The van der Waals surface area contributed by atoms with Crippen LogP contribution in [-0.4, -0.2) is 26.7 Å². The van der Waals surface area contributed by atoms with Crippen LogP contribution in [0.25, 0.3) is 5.65 Å². The summed E-state index contributed by atoms with van der Waals surface area (Å²) >= 11 is 1.43. The molecule has 0 fully saturated rings. The molecule has 5 nitrogen and oxygen atoms in total. The SMILES string of the molecule is COc1ncc(F)c2nc(SCc3ccccc3)nn12. The third kappa shape index (κ3) is 2.44. The minimum atomic E-state index is -0.523. The zero-order chi connectivity index (χ0) is 13.9. The van der Waals surface area contributed by atoms with Crippen molar-refractivity contribution in [1.82, 2.24) is 19.6 Å². The van der Waals surface area contributed by atoms with Crippen molar-refractivity contribution in [2.45, 2.75) is 10.9 Å². The minimum absolute atomic E-state index is 0.118. The Labute approximate surface area is 118 Å². The molecule has 0 spiro atoms. The average Bonchev–Trinajstić information content (AvgIpc) is 2.92. The number of fused-ring (bicyclic) bond motifs is 1. The van der Waals surface area contributed by atoms with Gasteiger partial charge in [0, 0.05) is 5.75 Å². The molecular weight excluding hydrogens is 279 g/mol. The van der Waals surface area contributed by atoms with E-state index in [0.717, 1.165) is 17.5 Å². The zero-order valence-electron chi connectivity index (χ0n) is 10.7. The third-order valence-electron chi connectivity index (χ3n) is 2.66. The summed E-state index contributed by atoms with van der Waals surface area (Å²) in [5, 5.41) is 4.69. The largest absolute Gasteiger partial charge is 0.467 e. The summed E-state index contributed by atoms with van der Waals surface area (Å²) in [6, 6.07) is 10.2. The van der Waals surface area contributed by atoms with Crippen LogP contribution in [0.5, 0.6) is 6.01 Å². The van der Waals surface area contributed by atoms with E-state index in [2.05, 4.69) is 15.1 Å². The van der Waals surface area contributed by atoms with Crippen LogP contribution in [0.1, 0.15) is 5.56 Å². The highest BCUT2D eigenvalue weighted by atomic mass is 32.2.